The summed E-state index contributed by atoms with van der Waals surface area (Å²) in [7, 11) is -2.64. The first-order valence-electron chi connectivity index (χ1n) is 10.3. The molecule has 3 rings (SSSR count). The highest BCUT2D eigenvalue weighted by molar-refractivity contribution is 7.90. The summed E-state index contributed by atoms with van der Waals surface area (Å²) in [6.07, 6.45) is 3.35. The summed E-state index contributed by atoms with van der Waals surface area (Å²) in [4.78, 5) is 28.1. The Balaban J connectivity index is 2.11. The Morgan fingerprint density at radius 2 is 1.97 bits per heavy atom. The quantitative estimate of drug-likeness (QED) is 0.451. The van der Waals surface area contributed by atoms with E-state index in [0.717, 1.165) is 3.97 Å². The van der Waals surface area contributed by atoms with Crippen molar-refractivity contribution in [2.45, 2.75) is 44.4 Å². The molecule has 34 heavy (non-hydrogen) atoms. The van der Waals surface area contributed by atoms with Crippen LogP contribution < -0.4 is 0 Å². The number of amides is 1. The maximum atomic E-state index is 15.2. The lowest BCUT2D eigenvalue weighted by atomic mass is 10.1. The predicted molar refractivity (Wildman–Crippen MR) is 124 cm³/mol. The summed E-state index contributed by atoms with van der Waals surface area (Å²) in [6.45, 7) is 4.81. The maximum Gasteiger partial charge on any atom is 0.410 e. The van der Waals surface area contributed by atoms with Crippen LogP contribution in [0.5, 0.6) is 0 Å². The number of ether oxygens (including phenoxy) is 1. The molecule has 3 aromatic rings. The Bertz CT molecular complexity index is 1300. The second-order valence-corrected chi connectivity index (χ2v) is 10.4. The van der Waals surface area contributed by atoms with Gasteiger partial charge in [0.1, 0.15) is 22.9 Å². The zero-order valence-electron chi connectivity index (χ0n) is 19.2. The van der Waals surface area contributed by atoms with E-state index in [-0.39, 0.29) is 28.3 Å². The fraction of sp³-hybridized carbons (Fsp3) is 0.304. The van der Waals surface area contributed by atoms with Gasteiger partial charge in [-0.15, -0.1) is 0 Å². The van der Waals surface area contributed by atoms with Crippen LogP contribution in [0.15, 0.2) is 65.1 Å². The maximum absolute atomic E-state index is 15.2. The van der Waals surface area contributed by atoms with Gasteiger partial charge in [-0.3, -0.25) is 4.98 Å². The average Bonchev–Trinajstić information content (AvgIpc) is 3.19. The van der Waals surface area contributed by atoms with Gasteiger partial charge in [-0.05, 0) is 50.6 Å². The largest absolute Gasteiger partial charge is 0.444 e. The molecule has 0 aliphatic carbocycles. The first-order chi connectivity index (χ1) is 15.9. The third-order valence-electron chi connectivity index (χ3n) is 4.75. The molecule has 0 radical (unpaired) electrons. The fourth-order valence-corrected chi connectivity index (χ4v) is 4.60. The average molecular weight is 489 g/mol. The fourth-order valence-electron chi connectivity index (χ4n) is 3.24. The molecule has 0 unspecified atom stereocenters. The van der Waals surface area contributed by atoms with Gasteiger partial charge in [-0.1, -0.05) is 17.3 Å². The number of halogens is 1. The number of nitrogens with zero attached hydrogens (tertiary/aromatic N) is 4. The molecule has 2 heterocycles. The molecule has 0 atom stereocenters. The third kappa shape index (κ3) is 5.48. The number of hydrogen-bond acceptors (Lipinski definition) is 7. The monoisotopic (exact) mass is 488 g/mol. The Hall–Kier alpha value is -3.60. The van der Waals surface area contributed by atoms with E-state index >= 15 is 4.39 Å². The van der Waals surface area contributed by atoms with Crippen molar-refractivity contribution >= 4 is 16.1 Å². The summed E-state index contributed by atoms with van der Waals surface area (Å²) in [6, 6.07) is 8.66. The zero-order chi connectivity index (χ0) is 25.1. The van der Waals surface area contributed by atoms with E-state index in [2.05, 4.69) is 10.2 Å². The summed E-state index contributed by atoms with van der Waals surface area (Å²) < 4.78 is 48.3. The van der Waals surface area contributed by atoms with Crippen molar-refractivity contribution in [3.8, 4) is 11.3 Å². The number of carbonyl (C=O) groups excluding carboxylic acids is 1. The van der Waals surface area contributed by atoms with Gasteiger partial charge < -0.3 is 9.64 Å². The molecule has 0 fully saturated rings. The lowest BCUT2D eigenvalue weighted by Crippen LogP contribution is -2.33. The van der Waals surface area contributed by atoms with Crippen molar-refractivity contribution in [3.05, 3.63) is 76.8 Å². The van der Waals surface area contributed by atoms with Crippen LogP contribution in [0, 0.1) is 10.7 Å². The molecule has 1 aromatic carbocycles. The molecule has 11 heteroatoms. The summed E-state index contributed by atoms with van der Waals surface area (Å²) in [5, 5.41) is 2.73. The van der Waals surface area contributed by atoms with E-state index in [9.17, 15) is 18.1 Å². The molecular weight excluding hydrogens is 463 g/mol. The molecule has 0 N–H and O–H groups in total. The highest BCUT2D eigenvalue weighted by atomic mass is 32.2. The number of rotatable bonds is 7. The van der Waals surface area contributed by atoms with Crippen molar-refractivity contribution in [2.75, 3.05) is 7.05 Å². The van der Waals surface area contributed by atoms with Crippen LogP contribution in [0.3, 0.4) is 0 Å². The SMILES string of the molecule is CN(Cc1cc(-c2cccc(CN=O)c2F)n(S(=O)(=O)c2cccnc2)c1)C(=O)OC(C)(C)C. The molecule has 0 spiro atoms. The van der Waals surface area contributed by atoms with E-state index in [1.807, 2.05) is 0 Å². The number of pyridine rings is 1. The number of aromatic nitrogens is 2. The lowest BCUT2D eigenvalue weighted by Gasteiger charge is -2.24. The van der Waals surface area contributed by atoms with Gasteiger partial charge in [-0.25, -0.2) is 21.6 Å². The predicted octanol–water partition coefficient (Wildman–Crippen LogP) is 4.56. The second-order valence-electron chi connectivity index (χ2n) is 8.63. The van der Waals surface area contributed by atoms with Crippen molar-refractivity contribution in [1.82, 2.24) is 13.9 Å². The molecule has 0 aliphatic heterocycles. The topological polar surface area (TPSA) is 111 Å². The second kappa shape index (κ2) is 9.72. The van der Waals surface area contributed by atoms with Gasteiger partial charge in [0.15, 0.2) is 0 Å². The van der Waals surface area contributed by atoms with Crippen molar-refractivity contribution in [2.24, 2.45) is 5.18 Å². The standard InChI is InChI=1S/C23H25FN4O5S/c1-23(2,3)33-22(29)27(4)14-16-11-20(19-9-5-7-17(12-26-30)21(19)24)28(15-16)34(31,32)18-8-6-10-25-13-18/h5-11,13,15H,12,14H2,1-4H3. The minimum absolute atomic E-state index is 0.00861. The number of benzene rings is 1. The van der Waals surface area contributed by atoms with Crippen LogP contribution in [0.25, 0.3) is 11.3 Å². The van der Waals surface area contributed by atoms with Crippen molar-refractivity contribution < 1.29 is 22.3 Å². The molecule has 2 aromatic heterocycles. The zero-order valence-corrected chi connectivity index (χ0v) is 20.0. The van der Waals surface area contributed by atoms with E-state index in [1.54, 1.807) is 20.8 Å². The van der Waals surface area contributed by atoms with Gasteiger partial charge >= 0.3 is 6.09 Å². The van der Waals surface area contributed by atoms with Crippen LogP contribution in [-0.4, -0.2) is 41.0 Å². The van der Waals surface area contributed by atoms with E-state index in [0.29, 0.717) is 5.56 Å². The van der Waals surface area contributed by atoms with Gasteiger partial charge in [0.25, 0.3) is 10.0 Å². The van der Waals surface area contributed by atoms with Crippen molar-refractivity contribution in [1.29, 1.82) is 0 Å². The lowest BCUT2D eigenvalue weighted by molar-refractivity contribution is 0.0285. The van der Waals surface area contributed by atoms with Crippen LogP contribution in [0.2, 0.25) is 0 Å². The Morgan fingerprint density at radius 3 is 2.59 bits per heavy atom. The van der Waals surface area contributed by atoms with Gasteiger partial charge in [0.2, 0.25) is 0 Å². The Kier molecular flexibility index (Phi) is 7.15. The van der Waals surface area contributed by atoms with Crippen LogP contribution >= 0.6 is 0 Å². The molecule has 9 nitrogen and oxygen atoms in total. The summed E-state index contributed by atoms with van der Waals surface area (Å²) in [5.74, 6) is -0.755. The van der Waals surface area contributed by atoms with Crippen molar-refractivity contribution in [3.63, 3.8) is 0 Å². The van der Waals surface area contributed by atoms with E-state index in [4.69, 9.17) is 4.74 Å². The first-order valence-corrected chi connectivity index (χ1v) is 11.8. The van der Waals surface area contributed by atoms with E-state index < -0.39 is 34.1 Å². The minimum atomic E-state index is -4.16. The summed E-state index contributed by atoms with van der Waals surface area (Å²) in [5.41, 5.74) is -0.246. The van der Waals surface area contributed by atoms with Crippen LogP contribution in [0.4, 0.5) is 9.18 Å². The van der Waals surface area contributed by atoms with Gasteiger partial charge in [0, 0.05) is 36.8 Å². The Labute approximate surface area is 197 Å². The minimum Gasteiger partial charge on any atom is -0.444 e. The molecule has 1 amide bonds. The highest BCUT2D eigenvalue weighted by Crippen LogP contribution is 2.31. The smallest absolute Gasteiger partial charge is 0.410 e. The van der Waals surface area contributed by atoms with Gasteiger partial charge in [-0.2, -0.15) is 4.91 Å². The number of hydrogen-bond donors (Lipinski definition) is 0. The Morgan fingerprint density at radius 1 is 1.24 bits per heavy atom. The third-order valence-corrected chi connectivity index (χ3v) is 6.41. The number of nitroso groups, excluding NO2 is 1. The molecule has 0 aliphatic rings. The van der Waals surface area contributed by atoms with Gasteiger partial charge in [0.05, 0.1) is 12.2 Å². The van der Waals surface area contributed by atoms with E-state index in [1.165, 1.54) is 66.9 Å². The molecule has 0 saturated carbocycles. The highest BCUT2D eigenvalue weighted by Gasteiger charge is 2.26. The van der Waals surface area contributed by atoms with Crippen LogP contribution in [0.1, 0.15) is 31.9 Å². The number of carbonyl (C=O) groups is 1. The molecule has 0 bridgehead atoms. The van der Waals surface area contributed by atoms with Crippen LogP contribution in [-0.2, 0) is 27.8 Å². The molecular formula is C23H25FN4O5S. The normalized spacial score (nSPS) is 11.8. The first kappa shape index (κ1) is 25.0. The molecule has 0 saturated heterocycles. The summed E-state index contributed by atoms with van der Waals surface area (Å²) >= 11 is 0. The molecule has 180 valence electrons.